The Balaban J connectivity index is 1.69. The molecule has 1 N–H and O–H groups in total. The Morgan fingerprint density at radius 2 is 1.78 bits per heavy atom. The van der Waals surface area contributed by atoms with Gasteiger partial charge >= 0.3 is 0 Å². The van der Waals surface area contributed by atoms with Crippen LogP contribution < -0.4 is 14.9 Å². The number of hydrogen-bond donors (Lipinski definition) is 1. The monoisotopic (exact) mass is 662 g/mol. The standard InChI is InChI=1S/C22H15Br3Cl2N2O3/c1-31-20-5-3-14(23)8-16(20)22(30)29-28-10-12-6-17(24)21(18(25)7-12)32-11-13-2-4-15(26)9-19(13)27/h2-10H,11H2,1H3,(H,29,30)/b28-10-. The van der Waals surface area contributed by atoms with Gasteiger partial charge in [0, 0.05) is 20.1 Å². The first kappa shape index (κ1) is 25.1. The Morgan fingerprint density at radius 1 is 1.06 bits per heavy atom. The number of hydrazone groups is 1. The van der Waals surface area contributed by atoms with Crippen molar-refractivity contribution in [2.45, 2.75) is 6.61 Å². The summed E-state index contributed by atoms with van der Waals surface area (Å²) in [4.78, 5) is 12.4. The molecule has 0 aliphatic rings. The molecule has 0 aromatic heterocycles. The maximum atomic E-state index is 12.4. The maximum Gasteiger partial charge on any atom is 0.275 e. The van der Waals surface area contributed by atoms with E-state index < -0.39 is 5.91 Å². The highest BCUT2D eigenvalue weighted by Crippen LogP contribution is 2.35. The van der Waals surface area contributed by atoms with E-state index in [9.17, 15) is 4.79 Å². The molecular formula is C22H15Br3Cl2N2O3. The topological polar surface area (TPSA) is 59.9 Å². The lowest BCUT2D eigenvalue weighted by Crippen LogP contribution is -2.18. The summed E-state index contributed by atoms with van der Waals surface area (Å²) >= 11 is 22.5. The molecule has 0 heterocycles. The lowest BCUT2D eigenvalue weighted by atomic mass is 10.2. The zero-order chi connectivity index (χ0) is 23.3. The highest BCUT2D eigenvalue weighted by Gasteiger charge is 2.13. The molecule has 3 aromatic rings. The van der Waals surface area contributed by atoms with Crippen molar-refractivity contribution >= 4 is 83.1 Å². The van der Waals surface area contributed by atoms with Gasteiger partial charge < -0.3 is 9.47 Å². The van der Waals surface area contributed by atoms with Crippen LogP contribution in [0.3, 0.4) is 0 Å². The van der Waals surface area contributed by atoms with Crippen LogP contribution in [0, 0.1) is 0 Å². The van der Waals surface area contributed by atoms with Gasteiger partial charge in [-0.3, -0.25) is 4.79 Å². The fraction of sp³-hybridized carbons (Fsp3) is 0.0909. The number of carbonyl (C=O) groups excluding carboxylic acids is 1. The highest BCUT2D eigenvalue weighted by atomic mass is 79.9. The van der Waals surface area contributed by atoms with Crippen molar-refractivity contribution < 1.29 is 14.3 Å². The minimum Gasteiger partial charge on any atom is -0.496 e. The number of rotatable bonds is 7. The van der Waals surface area contributed by atoms with Crippen LogP contribution in [0.1, 0.15) is 21.5 Å². The summed E-state index contributed by atoms with van der Waals surface area (Å²) in [6.07, 6.45) is 1.53. The van der Waals surface area contributed by atoms with E-state index >= 15 is 0 Å². The van der Waals surface area contributed by atoms with Crippen LogP contribution >= 0.6 is 71.0 Å². The molecule has 0 aliphatic carbocycles. The molecule has 0 saturated heterocycles. The van der Waals surface area contributed by atoms with Crippen LogP contribution in [0.15, 0.2) is 67.1 Å². The third-order valence-corrected chi connectivity index (χ3v) is 6.45. The van der Waals surface area contributed by atoms with Gasteiger partial charge in [-0.15, -0.1) is 0 Å². The van der Waals surface area contributed by atoms with Crippen LogP contribution in [0.5, 0.6) is 11.5 Å². The molecule has 166 valence electrons. The molecule has 0 saturated carbocycles. The Morgan fingerprint density at radius 3 is 2.44 bits per heavy atom. The Kier molecular flexibility index (Phi) is 9.02. The van der Waals surface area contributed by atoms with Crippen molar-refractivity contribution in [1.82, 2.24) is 5.43 Å². The molecule has 3 rings (SSSR count). The molecule has 0 spiro atoms. The number of ether oxygens (including phenoxy) is 2. The van der Waals surface area contributed by atoms with Gasteiger partial charge in [0.05, 0.1) is 27.8 Å². The van der Waals surface area contributed by atoms with Crippen LogP contribution in [0.2, 0.25) is 10.0 Å². The van der Waals surface area contributed by atoms with Crippen LogP contribution in [-0.2, 0) is 6.61 Å². The van der Waals surface area contributed by atoms with Gasteiger partial charge in [0.2, 0.25) is 0 Å². The number of carbonyl (C=O) groups is 1. The van der Waals surface area contributed by atoms with Crippen LogP contribution in [0.25, 0.3) is 0 Å². The van der Waals surface area contributed by atoms with Gasteiger partial charge in [0.15, 0.2) is 0 Å². The van der Waals surface area contributed by atoms with E-state index in [0.29, 0.717) is 36.1 Å². The molecule has 32 heavy (non-hydrogen) atoms. The number of nitrogens with zero attached hydrogens (tertiary/aromatic N) is 1. The van der Waals surface area contributed by atoms with Gasteiger partial charge in [-0.05, 0) is 79.9 Å². The molecule has 0 unspecified atom stereocenters. The number of benzene rings is 3. The van der Waals surface area contributed by atoms with E-state index in [4.69, 9.17) is 32.7 Å². The smallest absolute Gasteiger partial charge is 0.275 e. The molecule has 1 amide bonds. The molecule has 3 aromatic carbocycles. The molecule has 5 nitrogen and oxygen atoms in total. The molecule has 0 bridgehead atoms. The van der Waals surface area contributed by atoms with Crippen LogP contribution in [-0.4, -0.2) is 19.2 Å². The predicted octanol–water partition coefficient (Wildman–Crippen LogP) is 7.63. The summed E-state index contributed by atoms with van der Waals surface area (Å²) in [6.45, 7) is 0.269. The van der Waals surface area contributed by atoms with E-state index in [2.05, 4.69) is 58.3 Å². The largest absolute Gasteiger partial charge is 0.496 e. The van der Waals surface area contributed by atoms with E-state index in [1.807, 2.05) is 18.2 Å². The van der Waals surface area contributed by atoms with E-state index in [1.54, 1.807) is 30.3 Å². The van der Waals surface area contributed by atoms with Gasteiger partial charge in [0.1, 0.15) is 18.1 Å². The lowest BCUT2D eigenvalue weighted by Gasteiger charge is -2.12. The fourth-order valence-electron chi connectivity index (χ4n) is 2.66. The first-order valence-electron chi connectivity index (χ1n) is 9.01. The Labute approximate surface area is 220 Å². The van der Waals surface area contributed by atoms with Crippen molar-refractivity contribution in [3.8, 4) is 11.5 Å². The third-order valence-electron chi connectivity index (χ3n) is 4.19. The normalized spacial score (nSPS) is 10.9. The second-order valence-electron chi connectivity index (χ2n) is 6.38. The quantitative estimate of drug-likeness (QED) is 0.209. The second-order valence-corrected chi connectivity index (χ2v) is 9.85. The zero-order valence-electron chi connectivity index (χ0n) is 16.5. The van der Waals surface area contributed by atoms with E-state index in [1.165, 1.54) is 13.3 Å². The first-order valence-corrected chi connectivity index (χ1v) is 12.1. The number of amides is 1. The van der Waals surface area contributed by atoms with Crippen molar-refractivity contribution in [2.24, 2.45) is 5.10 Å². The van der Waals surface area contributed by atoms with Crippen molar-refractivity contribution in [3.63, 3.8) is 0 Å². The molecule has 0 fully saturated rings. The minimum absolute atomic E-state index is 0.269. The molecular weight excluding hydrogens is 651 g/mol. The molecule has 0 radical (unpaired) electrons. The maximum absolute atomic E-state index is 12.4. The van der Waals surface area contributed by atoms with Crippen molar-refractivity contribution in [2.75, 3.05) is 7.11 Å². The summed E-state index contributed by atoms with van der Waals surface area (Å²) in [5, 5.41) is 5.14. The summed E-state index contributed by atoms with van der Waals surface area (Å²) in [6, 6.07) is 14.0. The third kappa shape index (κ3) is 6.48. The van der Waals surface area contributed by atoms with E-state index in [0.717, 1.165) is 15.6 Å². The van der Waals surface area contributed by atoms with Crippen LogP contribution in [0.4, 0.5) is 0 Å². The highest BCUT2D eigenvalue weighted by molar-refractivity contribution is 9.11. The second kappa shape index (κ2) is 11.5. The van der Waals surface area contributed by atoms with Gasteiger partial charge in [0.25, 0.3) is 5.91 Å². The van der Waals surface area contributed by atoms with Crippen molar-refractivity contribution in [3.05, 3.63) is 88.7 Å². The number of nitrogens with one attached hydrogen (secondary N) is 1. The lowest BCUT2D eigenvalue weighted by molar-refractivity contribution is 0.0952. The van der Waals surface area contributed by atoms with Gasteiger partial charge in [-0.25, -0.2) is 5.43 Å². The number of halogens is 5. The van der Waals surface area contributed by atoms with Gasteiger partial charge in [-0.2, -0.15) is 5.10 Å². The zero-order valence-corrected chi connectivity index (χ0v) is 22.7. The van der Waals surface area contributed by atoms with E-state index in [-0.39, 0.29) is 6.61 Å². The Hall–Kier alpha value is -1.58. The fourth-order valence-corrected chi connectivity index (χ4v) is 4.94. The summed E-state index contributed by atoms with van der Waals surface area (Å²) < 4.78 is 13.3. The summed E-state index contributed by atoms with van der Waals surface area (Å²) in [5.74, 6) is 0.669. The van der Waals surface area contributed by atoms with Crippen molar-refractivity contribution in [1.29, 1.82) is 0 Å². The number of hydrogen-bond acceptors (Lipinski definition) is 4. The summed E-state index contributed by atoms with van der Waals surface area (Å²) in [7, 11) is 1.50. The summed E-state index contributed by atoms with van der Waals surface area (Å²) in [5.41, 5.74) is 4.42. The molecule has 0 aliphatic heterocycles. The van der Waals surface area contributed by atoms with Gasteiger partial charge in [-0.1, -0.05) is 45.2 Å². The SMILES string of the molecule is COc1ccc(Br)cc1C(=O)N/N=C\c1cc(Br)c(OCc2ccc(Cl)cc2Cl)c(Br)c1. The average molecular weight is 666 g/mol. The number of methoxy groups -OCH3 is 1. The first-order chi connectivity index (χ1) is 15.3. The molecule has 0 atom stereocenters. The Bertz CT molecular complexity index is 1170. The molecule has 10 heteroatoms. The predicted molar refractivity (Wildman–Crippen MR) is 138 cm³/mol. The average Bonchev–Trinajstić information content (AvgIpc) is 2.74. The minimum atomic E-state index is -0.391.